The average molecular weight is 421 g/mol. The third-order valence-electron chi connectivity index (χ3n) is 6.82. The third-order valence-corrected chi connectivity index (χ3v) is 6.82. The molecule has 2 aliphatic rings. The minimum Gasteiger partial charge on any atom is -0.360 e. The zero-order valence-electron chi connectivity index (χ0n) is 18.7. The number of Topliss-reactive ketones (excluding diaryl/α,β-unsaturated/α-hetero) is 1. The summed E-state index contributed by atoms with van der Waals surface area (Å²) in [5.41, 5.74) is 3.11. The molecule has 0 radical (unpaired) electrons. The molecule has 0 aromatic heterocycles. The molecule has 1 saturated heterocycles. The van der Waals surface area contributed by atoms with Crippen molar-refractivity contribution < 1.29 is 14.5 Å². The van der Waals surface area contributed by atoms with Gasteiger partial charge in [-0.3, -0.25) is 9.59 Å². The second kappa shape index (κ2) is 9.65. The lowest BCUT2D eigenvalue weighted by Crippen LogP contribution is -3.16. The largest absolute Gasteiger partial charge is 0.360 e. The van der Waals surface area contributed by atoms with Crippen molar-refractivity contribution in [3.8, 4) is 0 Å². The lowest BCUT2D eigenvalue weighted by Gasteiger charge is -2.35. The number of piperazine rings is 1. The van der Waals surface area contributed by atoms with E-state index in [0.29, 0.717) is 25.0 Å². The molecule has 1 saturated carbocycles. The molecule has 2 aromatic rings. The maximum Gasteiger partial charge on any atom is 0.278 e. The van der Waals surface area contributed by atoms with Crippen LogP contribution in [0.2, 0.25) is 0 Å². The summed E-state index contributed by atoms with van der Waals surface area (Å²) in [5, 5.41) is 0. The molecule has 1 atom stereocenters. The highest BCUT2D eigenvalue weighted by Crippen LogP contribution is 2.35. The quantitative estimate of drug-likeness (QED) is 0.667. The van der Waals surface area contributed by atoms with Crippen molar-refractivity contribution in [2.24, 2.45) is 5.92 Å². The molecule has 2 fully saturated rings. The molecule has 1 aliphatic heterocycles. The van der Waals surface area contributed by atoms with Gasteiger partial charge in [0.2, 0.25) is 0 Å². The van der Waals surface area contributed by atoms with Gasteiger partial charge in [0, 0.05) is 23.8 Å². The highest BCUT2D eigenvalue weighted by atomic mass is 16.2. The van der Waals surface area contributed by atoms with E-state index in [1.54, 1.807) is 6.92 Å². The molecule has 1 N–H and O–H groups in total. The minimum atomic E-state index is 0.0970. The summed E-state index contributed by atoms with van der Waals surface area (Å²) in [6, 6.07) is 18.5. The fraction of sp³-hybridized carbons (Fsp3) is 0.462. The van der Waals surface area contributed by atoms with E-state index < -0.39 is 0 Å². The van der Waals surface area contributed by atoms with Gasteiger partial charge in [-0.15, -0.1) is 0 Å². The monoisotopic (exact) mass is 420 g/mol. The van der Waals surface area contributed by atoms with Gasteiger partial charge in [0.05, 0.1) is 26.2 Å². The van der Waals surface area contributed by atoms with Crippen LogP contribution in [0, 0.1) is 5.92 Å². The Balaban J connectivity index is 1.33. The molecule has 4 rings (SSSR count). The number of amides is 1. The molecule has 1 aliphatic carbocycles. The summed E-state index contributed by atoms with van der Waals surface area (Å²) in [5.74, 6) is 1.04. The maximum absolute atomic E-state index is 13.3. The number of benzene rings is 2. The van der Waals surface area contributed by atoms with Gasteiger partial charge in [0.25, 0.3) is 5.91 Å². The number of nitrogens with zero attached hydrogens (tertiary/aromatic N) is 2. The Morgan fingerprint density at radius 1 is 1.03 bits per heavy atom. The molecule has 5 heteroatoms. The van der Waals surface area contributed by atoms with Crippen molar-refractivity contribution in [2.45, 2.75) is 39.3 Å². The van der Waals surface area contributed by atoms with Gasteiger partial charge in [-0.05, 0) is 62.4 Å². The first-order valence-electron chi connectivity index (χ1n) is 11.5. The molecule has 2 aromatic carbocycles. The Morgan fingerprint density at radius 2 is 1.68 bits per heavy atom. The molecule has 1 heterocycles. The molecule has 5 nitrogen and oxygen atoms in total. The van der Waals surface area contributed by atoms with Gasteiger partial charge < -0.3 is 14.7 Å². The third kappa shape index (κ3) is 5.53. The van der Waals surface area contributed by atoms with Crippen LogP contribution >= 0.6 is 0 Å². The number of hydrogen-bond acceptors (Lipinski definition) is 3. The molecule has 0 bridgehead atoms. The van der Waals surface area contributed by atoms with Gasteiger partial charge >= 0.3 is 0 Å². The summed E-state index contributed by atoms with van der Waals surface area (Å²) in [4.78, 5) is 30.6. The van der Waals surface area contributed by atoms with Crippen molar-refractivity contribution >= 4 is 17.4 Å². The summed E-state index contributed by atoms with van der Waals surface area (Å²) >= 11 is 0. The number of ketones is 1. The predicted molar refractivity (Wildman–Crippen MR) is 123 cm³/mol. The van der Waals surface area contributed by atoms with E-state index in [1.165, 1.54) is 23.3 Å². The average Bonchev–Trinajstić information content (AvgIpc) is 3.64. The fourth-order valence-electron chi connectivity index (χ4n) is 4.55. The van der Waals surface area contributed by atoms with E-state index >= 15 is 0 Å². The van der Waals surface area contributed by atoms with Crippen molar-refractivity contribution in [1.82, 2.24) is 4.90 Å². The normalized spacial score (nSPS) is 17.9. The van der Waals surface area contributed by atoms with Crippen LogP contribution in [-0.2, 0) is 11.3 Å². The first-order valence-corrected chi connectivity index (χ1v) is 11.5. The van der Waals surface area contributed by atoms with E-state index in [-0.39, 0.29) is 11.7 Å². The minimum absolute atomic E-state index is 0.0970. The van der Waals surface area contributed by atoms with Gasteiger partial charge in [0.1, 0.15) is 0 Å². The molecular weight excluding hydrogens is 386 g/mol. The molecular formula is C26H34N3O2+. The van der Waals surface area contributed by atoms with Gasteiger partial charge in [0.15, 0.2) is 12.3 Å². The van der Waals surface area contributed by atoms with E-state index in [9.17, 15) is 9.59 Å². The van der Waals surface area contributed by atoms with Crippen LogP contribution in [0.15, 0.2) is 54.6 Å². The Kier molecular flexibility index (Phi) is 6.71. The molecule has 1 amide bonds. The summed E-state index contributed by atoms with van der Waals surface area (Å²) < 4.78 is 0. The van der Waals surface area contributed by atoms with E-state index in [4.69, 9.17) is 0 Å². The smallest absolute Gasteiger partial charge is 0.278 e. The van der Waals surface area contributed by atoms with Crippen molar-refractivity contribution in [3.63, 3.8) is 0 Å². The van der Waals surface area contributed by atoms with Gasteiger partial charge in [-0.1, -0.05) is 30.3 Å². The van der Waals surface area contributed by atoms with Gasteiger partial charge in [-0.2, -0.15) is 0 Å². The number of quaternary nitrogens is 1. The molecule has 0 spiro atoms. The van der Waals surface area contributed by atoms with Crippen LogP contribution in [0.3, 0.4) is 0 Å². The second-order valence-corrected chi connectivity index (χ2v) is 9.10. The Morgan fingerprint density at radius 3 is 2.26 bits per heavy atom. The van der Waals surface area contributed by atoms with Crippen molar-refractivity contribution in [2.75, 3.05) is 37.6 Å². The summed E-state index contributed by atoms with van der Waals surface area (Å²) in [6.07, 6.45) is 2.49. The fourth-order valence-corrected chi connectivity index (χ4v) is 4.55. The summed E-state index contributed by atoms with van der Waals surface area (Å²) in [7, 11) is 0. The number of carbonyl (C=O) groups excluding carboxylic acids is 2. The Labute approximate surface area is 185 Å². The molecule has 31 heavy (non-hydrogen) atoms. The van der Waals surface area contributed by atoms with Crippen LogP contribution in [0.1, 0.15) is 42.6 Å². The number of anilines is 1. The highest BCUT2D eigenvalue weighted by Gasteiger charge is 2.35. The second-order valence-electron chi connectivity index (χ2n) is 9.10. The molecule has 164 valence electrons. The van der Waals surface area contributed by atoms with E-state index in [0.717, 1.165) is 37.4 Å². The topological polar surface area (TPSA) is 45.1 Å². The Bertz CT molecular complexity index is 885. The first kappa shape index (κ1) is 21.6. The van der Waals surface area contributed by atoms with E-state index in [1.807, 2.05) is 42.5 Å². The predicted octanol–water partition coefficient (Wildman–Crippen LogP) is 2.42. The lowest BCUT2D eigenvalue weighted by atomic mass is 10.1. The number of rotatable bonds is 8. The van der Waals surface area contributed by atoms with Crippen molar-refractivity contribution in [1.29, 1.82) is 0 Å². The molecule has 0 unspecified atom stereocenters. The zero-order chi connectivity index (χ0) is 21.8. The van der Waals surface area contributed by atoms with Crippen LogP contribution in [0.25, 0.3) is 0 Å². The zero-order valence-corrected chi connectivity index (χ0v) is 18.7. The number of nitrogens with one attached hydrogen (secondary N) is 1. The van der Waals surface area contributed by atoms with Crippen LogP contribution < -0.4 is 9.80 Å². The highest BCUT2D eigenvalue weighted by molar-refractivity contribution is 5.94. The van der Waals surface area contributed by atoms with E-state index in [2.05, 4.69) is 28.9 Å². The van der Waals surface area contributed by atoms with Crippen LogP contribution in [0.4, 0.5) is 5.69 Å². The SMILES string of the molecule is CC(=O)c1ccc(N2CC[NH+](CC(=O)N(Cc3ccccc3)[C@@H](C)C3CC3)CC2)cc1. The standard InChI is InChI=1S/C26H33N3O2/c1-20(23-8-9-23)29(18-22-6-4-3-5-7-22)26(31)19-27-14-16-28(17-15-27)25-12-10-24(11-13-25)21(2)30/h3-7,10-13,20,23H,8-9,14-19H2,1-2H3/p+1/t20-/m0/s1. The van der Waals surface area contributed by atoms with Crippen LogP contribution in [0.5, 0.6) is 0 Å². The summed E-state index contributed by atoms with van der Waals surface area (Å²) in [6.45, 7) is 8.86. The number of hydrogen-bond donors (Lipinski definition) is 1. The van der Waals surface area contributed by atoms with Crippen LogP contribution in [-0.4, -0.2) is 55.4 Å². The first-order chi connectivity index (χ1) is 15.0. The van der Waals surface area contributed by atoms with Gasteiger partial charge in [-0.25, -0.2) is 0 Å². The Hall–Kier alpha value is -2.66. The van der Waals surface area contributed by atoms with Crippen molar-refractivity contribution in [3.05, 3.63) is 65.7 Å². The lowest BCUT2D eigenvalue weighted by molar-refractivity contribution is -0.892. The number of carbonyl (C=O) groups is 2. The maximum atomic E-state index is 13.3.